The highest BCUT2D eigenvalue weighted by Gasteiger charge is 2.28. The highest BCUT2D eigenvalue weighted by Crippen LogP contribution is 2.25. The van der Waals surface area contributed by atoms with Crippen LogP contribution in [0.2, 0.25) is 0 Å². The fourth-order valence-electron chi connectivity index (χ4n) is 1.67. The van der Waals surface area contributed by atoms with Crippen molar-refractivity contribution in [3.05, 3.63) is 11.9 Å². The summed E-state index contributed by atoms with van der Waals surface area (Å²) >= 11 is 0. The van der Waals surface area contributed by atoms with Gasteiger partial charge in [0.2, 0.25) is 11.8 Å². The predicted molar refractivity (Wildman–Crippen MR) is 59.6 cm³/mol. The lowest BCUT2D eigenvalue weighted by Crippen LogP contribution is -2.43. The van der Waals surface area contributed by atoms with Crippen molar-refractivity contribution in [1.82, 2.24) is 9.97 Å². The van der Waals surface area contributed by atoms with Gasteiger partial charge in [-0.3, -0.25) is 0 Å². The van der Waals surface area contributed by atoms with Crippen LogP contribution in [0.5, 0.6) is 11.8 Å². The summed E-state index contributed by atoms with van der Waals surface area (Å²) in [5.41, 5.74) is 5.69. The maximum absolute atomic E-state index is 5.69. The number of nitrogens with zero attached hydrogens (tertiary/aromatic N) is 2. The molecule has 0 saturated heterocycles. The van der Waals surface area contributed by atoms with Crippen molar-refractivity contribution in [2.24, 2.45) is 5.73 Å². The number of rotatable bonds is 4. The van der Waals surface area contributed by atoms with Crippen molar-refractivity contribution < 1.29 is 9.47 Å². The van der Waals surface area contributed by atoms with Crippen LogP contribution in [0.4, 0.5) is 0 Å². The summed E-state index contributed by atoms with van der Waals surface area (Å²) in [6.45, 7) is 4.33. The van der Waals surface area contributed by atoms with Gasteiger partial charge in [0.05, 0.1) is 12.7 Å². The Bertz CT molecular complexity index is 364. The summed E-state index contributed by atoms with van der Waals surface area (Å²) in [5.74, 6) is 1.80. The number of nitrogens with two attached hydrogens (primary N) is 1. The molecule has 1 aliphatic carbocycles. The summed E-state index contributed by atoms with van der Waals surface area (Å²) in [5, 5.41) is 0. The van der Waals surface area contributed by atoms with E-state index >= 15 is 0 Å². The lowest BCUT2D eigenvalue weighted by atomic mass is 9.90. The first-order chi connectivity index (χ1) is 7.67. The van der Waals surface area contributed by atoms with E-state index in [4.69, 9.17) is 15.2 Å². The molecule has 88 valence electrons. The Labute approximate surface area is 95.0 Å². The van der Waals surface area contributed by atoms with Gasteiger partial charge >= 0.3 is 0 Å². The zero-order valence-corrected chi connectivity index (χ0v) is 9.64. The average Bonchev–Trinajstić information content (AvgIpc) is 2.15. The second-order valence-electron chi connectivity index (χ2n) is 4.00. The van der Waals surface area contributed by atoms with Crippen LogP contribution in [0, 0.1) is 6.92 Å². The Morgan fingerprint density at radius 2 is 2.06 bits per heavy atom. The highest BCUT2D eigenvalue weighted by atomic mass is 16.5. The van der Waals surface area contributed by atoms with Gasteiger partial charge in [0.1, 0.15) is 11.9 Å². The van der Waals surface area contributed by atoms with Crippen LogP contribution in [-0.4, -0.2) is 28.7 Å². The summed E-state index contributed by atoms with van der Waals surface area (Å²) in [6, 6.07) is 2.00. The SMILES string of the molecule is CCOc1cc(OC2CC(N)C2)nc(C)n1. The maximum Gasteiger partial charge on any atom is 0.220 e. The fraction of sp³-hybridized carbons (Fsp3) is 0.636. The molecule has 0 radical (unpaired) electrons. The maximum atomic E-state index is 5.69. The molecule has 0 spiro atoms. The van der Waals surface area contributed by atoms with Gasteiger partial charge in [0.25, 0.3) is 0 Å². The smallest absolute Gasteiger partial charge is 0.220 e. The molecule has 1 fully saturated rings. The molecule has 0 aliphatic heterocycles. The molecule has 1 heterocycles. The summed E-state index contributed by atoms with van der Waals surface area (Å²) < 4.78 is 11.0. The lowest BCUT2D eigenvalue weighted by molar-refractivity contribution is 0.0949. The molecule has 0 bridgehead atoms. The molecule has 1 aromatic heterocycles. The largest absolute Gasteiger partial charge is 0.478 e. The Morgan fingerprint density at radius 3 is 2.69 bits per heavy atom. The van der Waals surface area contributed by atoms with Gasteiger partial charge in [-0.25, -0.2) is 0 Å². The summed E-state index contributed by atoms with van der Waals surface area (Å²) in [7, 11) is 0. The van der Waals surface area contributed by atoms with Gasteiger partial charge in [-0.1, -0.05) is 0 Å². The van der Waals surface area contributed by atoms with Crippen molar-refractivity contribution in [2.75, 3.05) is 6.61 Å². The average molecular weight is 223 g/mol. The van der Waals surface area contributed by atoms with Gasteiger partial charge in [-0.05, 0) is 26.7 Å². The molecule has 2 N–H and O–H groups in total. The van der Waals surface area contributed by atoms with Gasteiger partial charge in [-0.2, -0.15) is 9.97 Å². The van der Waals surface area contributed by atoms with Crippen LogP contribution < -0.4 is 15.2 Å². The van der Waals surface area contributed by atoms with E-state index in [9.17, 15) is 0 Å². The topological polar surface area (TPSA) is 70.3 Å². The van der Waals surface area contributed by atoms with Crippen LogP contribution in [0.1, 0.15) is 25.6 Å². The highest BCUT2D eigenvalue weighted by molar-refractivity contribution is 5.21. The van der Waals surface area contributed by atoms with Crippen LogP contribution in [0.25, 0.3) is 0 Å². The zero-order chi connectivity index (χ0) is 11.5. The molecule has 5 heteroatoms. The Kier molecular flexibility index (Phi) is 3.24. The normalized spacial score (nSPS) is 23.7. The van der Waals surface area contributed by atoms with Gasteiger partial charge in [-0.15, -0.1) is 0 Å². The van der Waals surface area contributed by atoms with Crippen LogP contribution in [0.3, 0.4) is 0 Å². The van der Waals surface area contributed by atoms with Crippen LogP contribution in [0.15, 0.2) is 6.07 Å². The third-order valence-corrected chi connectivity index (χ3v) is 2.50. The lowest BCUT2D eigenvalue weighted by Gasteiger charge is -2.32. The molecule has 5 nitrogen and oxygen atoms in total. The monoisotopic (exact) mass is 223 g/mol. The standard InChI is InChI=1S/C11H17N3O2/c1-3-15-10-6-11(14-7(2)13-10)16-9-4-8(12)5-9/h6,8-9H,3-5,12H2,1-2H3. The number of hydrogen-bond acceptors (Lipinski definition) is 5. The summed E-state index contributed by atoms with van der Waals surface area (Å²) in [6.07, 6.45) is 1.99. The van der Waals surface area contributed by atoms with E-state index in [1.807, 2.05) is 13.8 Å². The minimum absolute atomic E-state index is 0.193. The predicted octanol–water partition coefficient (Wildman–Crippen LogP) is 1.05. The van der Waals surface area contributed by atoms with Crippen molar-refractivity contribution in [3.63, 3.8) is 0 Å². The van der Waals surface area contributed by atoms with Gasteiger partial charge in [0.15, 0.2) is 0 Å². The van der Waals surface area contributed by atoms with E-state index in [-0.39, 0.29) is 12.1 Å². The van der Waals surface area contributed by atoms with Crippen LogP contribution in [-0.2, 0) is 0 Å². The van der Waals surface area contributed by atoms with E-state index in [1.165, 1.54) is 0 Å². The minimum Gasteiger partial charge on any atom is -0.478 e. The molecule has 1 aliphatic rings. The Morgan fingerprint density at radius 1 is 1.38 bits per heavy atom. The van der Waals surface area contributed by atoms with Crippen molar-refractivity contribution in [2.45, 2.75) is 38.8 Å². The molecule has 0 aromatic carbocycles. The molecule has 2 rings (SSSR count). The molecule has 16 heavy (non-hydrogen) atoms. The first kappa shape index (κ1) is 11.1. The Balaban J connectivity index is 2.02. The molecule has 1 saturated carbocycles. The van der Waals surface area contributed by atoms with E-state index < -0.39 is 0 Å². The van der Waals surface area contributed by atoms with Crippen molar-refractivity contribution in [1.29, 1.82) is 0 Å². The number of aryl methyl sites for hydroxylation is 1. The zero-order valence-electron chi connectivity index (χ0n) is 9.64. The first-order valence-electron chi connectivity index (χ1n) is 5.58. The van der Waals surface area contributed by atoms with E-state index in [1.54, 1.807) is 6.07 Å². The minimum atomic E-state index is 0.193. The van der Waals surface area contributed by atoms with Gasteiger partial charge in [0, 0.05) is 6.04 Å². The molecular weight excluding hydrogens is 206 g/mol. The van der Waals surface area contributed by atoms with Crippen molar-refractivity contribution in [3.8, 4) is 11.8 Å². The van der Waals surface area contributed by atoms with E-state index in [0.717, 1.165) is 12.8 Å². The third kappa shape index (κ3) is 2.61. The van der Waals surface area contributed by atoms with Crippen LogP contribution >= 0.6 is 0 Å². The second-order valence-corrected chi connectivity index (χ2v) is 4.00. The quantitative estimate of drug-likeness (QED) is 0.826. The molecule has 1 aromatic rings. The molecule has 0 unspecified atom stereocenters. The number of aromatic nitrogens is 2. The van der Waals surface area contributed by atoms with Crippen molar-refractivity contribution >= 4 is 0 Å². The second kappa shape index (κ2) is 4.65. The van der Waals surface area contributed by atoms with E-state index in [2.05, 4.69) is 9.97 Å². The van der Waals surface area contributed by atoms with E-state index in [0.29, 0.717) is 24.2 Å². The Hall–Kier alpha value is -1.36. The number of hydrogen-bond donors (Lipinski definition) is 1. The fourth-order valence-corrected chi connectivity index (χ4v) is 1.67. The first-order valence-corrected chi connectivity index (χ1v) is 5.58. The summed E-state index contributed by atoms with van der Waals surface area (Å²) in [4.78, 5) is 8.36. The molecule has 0 amide bonds. The number of ether oxygens (including phenoxy) is 2. The molecule has 0 atom stereocenters. The molecular formula is C11H17N3O2. The van der Waals surface area contributed by atoms with Gasteiger partial charge < -0.3 is 15.2 Å². The third-order valence-electron chi connectivity index (χ3n) is 2.50.